The number of para-hydroxylation sites is 1. The summed E-state index contributed by atoms with van der Waals surface area (Å²) in [6, 6.07) is 9.92. The predicted molar refractivity (Wildman–Crippen MR) is 120 cm³/mol. The van der Waals surface area contributed by atoms with E-state index in [0.717, 1.165) is 43.9 Å². The Bertz CT molecular complexity index is 641. The number of aliphatic hydroxyl groups excluding tert-OH is 1. The summed E-state index contributed by atoms with van der Waals surface area (Å²) in [5, 5.41) is 9.64. The molecule has 1 aromatic carbocycles. The van der Waals surface area contributed by atoms with E-state index in [4.69, 9.17) is 4.74 Å². The van der Waals surface area contributed by atoms with Crippen molar-refractivity contribution in [2.75, 3.05) is 53.0 Å². The first-order chi connectivity index (χ1) is 14.1. The van der Waals surface area contributed by atoms with E-state index in [1.165, 1.54) is 25.9 Å². The molecule has 1 N–H and O–H groups in total. The van der Waals surface area contributed by atoms with Crippen molar-refractivity contribution < 1.29 is 9.84 Å². The number of hydrogen-bond donors (Lipinski definition) is 1. The van der Waals surface area contributed by atoms with Crippen LogP contribution < -0.4 is 4.74 Å². The summed E-state index contributed by atoms with van der Waals surface area (Å²) in [6.45, 7) is 11.5. The van der Waals surface area contributed by atoms with Crippen molar-refractivity contribution in [1.29, 1.82) is 0 Å². The standard InChI is InChI=1S/C24H39N3O2/c1-20(2)26-14-10-22(11-15-26)27-17-16-25(19-23(27)12-18-28)13-6-8-21-7-4-5-9-24(21)29-3/h4-9,20,22-23,28H,10-19H2,1-3H3/b8-6+/t23-/m1/s1. The smallest absolute Gasteiger partial charge is 0.126 e. The number of likely N-dealkylation sites (tertiary alicyclic amines) is 1. The normalized spacial score (nSPS) is 23.3. The fourth-order valence-corrected chi connectivity index (χ4v) is 4.85. The van der Waals surface area contributed by atoms with Crippen molar-refractivity contribution in [1.82, 2.24) is 14.7 Å². The highest BCUT2D eigenvalue weighted by Crippen LogP contribution is 2.24. The van der Waals surface area contributed by atoms with Gasteiger partial charge in [0.25, 0.3) is 0 Å². The molecule has 2 aliphatic rings. The van der Waals surface area contributed by atoms with Gasteiger partial charge in [0.15, 0.2) is 0 Å². The average Bonchev–Trinajstić information content (AvgIpc) is 2.74. The summed E-state index contributed by atoms with van der Waals surface area (Å²) in [7, 11) is 1.72. The van der Waals surface area contributed by atoms with Crippen LogP contribution in [0.4, 0.5) is 0 Å². The van der Waals surface area contributed by atoms with Crippen LogP contribution in [-0.4, -0.2) is 90.9 Å². The Morgan fingerprint density at radius 3 is 2.59 bits per heavy atom. The van der Waals surface area contributed by atoms with Crippen LogP contribution in [0.25, 0.3) is 6.08 Å². The summed E-state index contributed by atoms with van der Waals surface area (Å²) < 4.78 is 5.44. The van der Waals surface area contributed by atoms with Crippen LogP contribution in [0.15, 0.2) is 30.3 Å². The average molecular weight is 402 g/mol. The van der Waals surface area contributed by atoms with E-state index in [2.05, 4.69) is 46.8 Å². The molecule has 2 saturated heterocycles. The maximum Gasteiger partial charge on any atom is 0.126 e. The van der Waals surface area contributed by atoms with Gasteiger partial charge in [0.05, 0.1) is 7.11 Å². The first kappa shape index (κ1) is 22.3. The number of ether oxygens (including phenoxy) is 1. The van der Waals surface area contributed by atoms with Crippen molar-refractivity contribution in [2.45, 2.75) is 51.2 Å². The number of benzene rings is 1. The Morgan fingerprint density at radius 2 is 1.90 bits per heavy atom. The van der Waals surface area contributed by atoms with Gasteiger partial charge in [-0.05, 0) is 52.3 Å². The number of methoxy groups -OCH3 is 1. The maximum atomic E-state index is 9.64. The molecule has 0 saturated carbocycles. The molecular weight excluding hydrogens is 362 g/mol. The van der Waals surface area contributed by atoms with E-state index >= 15 is 0 Å². The first-order valence-electron chi connectivity index (χ1n) is 11.2. The summed E-state index contributed by atoms with van der Waals surface area (Å²) in [6.07, 6.45) is 7.79. The molecule has 0 unspecified atom stereocenters. The Hall–Kier alpha value is -1.40. The summed E-state index contributed by atoms with van der Waals surface area (Å²) >= 11 is 0. The Kier molecular flexibility index (Phi) is 8.54. The van der Waals surface area contributed by atoms with Gasteiger partial charge in [-0.3, -0.25) is 9.80 Å². The molecule has 2 aliphatic heterocycles. The minimum Gasteiger partial charge on any atom is -0.496 e. The van der Waals surface area contributed by atoms with Crippen molar-refractivity contribution in [3.63, 3.8) is 0 Å². The highest BCUT2D eigenvalue weighted by atomic mass is 16.5. The highest BCUT2D eigenvalue weighted by molar-refractivity contribution is 5.57. The van der Waals surface area contributed by atoms with Crippen LogP contribution in [0.5, 0.6) is 5.75 Å². The first-order valence-corrected chi connectivity index (χ1v) is 11.2. The van der Waals surface area contributed by atoms with Gasteiger partial charge in [0.1, 0.15) is 5.75 Å². The van der Waals surface area contributed by atoms with E-state index in [0.29, 0.717) is 18.1 Å². The molecule has 3 rings (SSSR count). The molecule has 0 radical (unpaired) electrons. The van der Waals surface area contributed by atoms with Gasteiger partial charge in [-0.1, -0.05) is 30.4 Å². The molecule has 5 nitrogen and oxygen atoms in total. The zero-order valence-electron chi connectivity index (χ0n) is 18.5. The number of hydrogen-bond acceptors (Lipinski definition) is 5. The third-order valence-electron chi connectivity index (χ3n) is 6.57. The second-order valence-electron chi connectivity index (χ2n) is 8.67. The van der Waals surface area contributed by atoms with Gasteiger partial charge in [0.2, 0.25) is 0 Å². The van der Waals surface area contributed by atoms with Crippen molar-refractivity contribution in [2.24, 2.45) is 0 Å². The van der Waals surface area contributed by atoms with Crippen LogP contribution in [-0.2, 0) is 0 Å². The van der Waals surface area contributed by atoms with Gasteiger partial charge < -0.3 is 14.7 Å². The molecule has 0 bridgehead atoms. The molecule has 0 aliphatic carbocycles. The zero-order chi connectivity index (χ0) is 20.6. The molecule has 1 aromatic rings. The van der Waals surface area contributed by atoms with Crippen LogP contribution in [0, 0.1) is 0 Å². The van der Waals surface area contributed by atoms with E-state index < -0.39 is 0 Å². The van der Waals surface area contributed by atoms with Gasteiger partial charge in [-0.2, -0.15) is 0 Å². The van der Waals surface area contributed by atoms with E-state index in [1.807, 2.05) is 18.2 Å². The zero-order valence-corrected chi connectivity index (χ0v) is 18.5. The fraction of sp³-hybridized carbons (Fsp3) is 0.667. The molecule has 162 valence electrons. The third-order valence-corrected chi connectivity index (χ3v) is 6.57. The summed E-state index contributed by atoms with van der Waals surface area (Å²) in [4.78, 5) is 7.82. The van der Waals surface area contributed by atoms with Crippen molar-refractivity contribution in [3.05, 3.63) is 35.9 Å². The molecular formula is C24H39N3O2. The molecule has 2 fully saturated rings. The predicted octanol–water partition coefficient (Wildman–Crippen LogP) is 2.95. The highest BCUT2D eigenvalue weighted by Gasteiger charge is 2.33. The molecule has 5 heteroatoms. The lowest BCUT2D eigenvalue weighted by molar-refractivity contribution is 0.00552. The van der Waals surface area contributed by atoms with Gasteiger partial charge in [-0.15, -0.1) is 0 Å². The van der Waals surface area contributed by atoms with Crippen LogP contribution in [0.3, 0.4) is 0 Å². The van der Waals surface area contributed by atoms with Crippen molar-refractivity contribution in [3.8, 4) is 5.75 Å². The van der Waals surface area contributed by atoms with Crippen LogP contribution in [0.2, 0.25) is 0 Å². The minimum absolute atomic E-state index is 0.275. The van der Waals surface area contributed by atoms with Crippen LogP contribution in [0.1, 0.15) is 38.7 Å². The van der Waals surface area contributed by atoms with Gasteiger partial charge in [0, 0.05) is 56.5 Å². The Balaban J connectivity index is 1.54. The quantitative estimate of drug-likeness (QED) is 0.725. The Morgan fingerprint density at radius 1 is 1.14 bits per heavy atom. The molecule has 0 amide bonds. The lowest BCUT2D eigenvalue weighted by Gasteiger charge is -2.48. The molecule has 29 heavy (non-hydrogen) atoms. The summed E-state index contributed by atoms with van der Waals surface area (Å²) in [5.41, 5.74) is 1.12. The van der Waals surface area contributed by atoms with Crippen LogP contribution >= 0.6 is 0 Å². The van der Waals surface area contributed by atoms with Gasteiger partial charge in [-0.25, -0.2) is 0 Å². The number of nitrogens with zero attached hydrogens (tertiary/aromatic N) is 3. The number of aliphatic hydroxyl groups is 1. The number of piperidine rings is 1. The SMILES string of the molecule is COc1ccccc1/C=C/CN1CCN(C2CCN(C(C)C)CC2)[C@H](CCO)C1. The van der Waals surface area contributed by atoms with E-state index in [-0.39, 0.29) is 6.61 Å². The number of rotatable bonds is 8. The monoisotopic (exact) mass is 401 g/mol. The fourth-order valence-electron chi connectivity index (χ4n) is 4.85. The molecule has 1 atom stereocenters. The molecule has 0 aromatic heterocycles. The Labute approximate surface area is 176 Å². The van der Waals surface area contributed by atoms with E-state index in [1.54, 1.807) is 7.11 Å². The maximum absolute atomic E-state index is 9.64. The topological polar surface area (TPSA) is 39.2 Å². The lowest BCUT2D eigenvalue weighted by atomic mass is 9.97. The number of piperazine rings is 1. The van der Waals surface area contributed by atoms with E-state index in [9.17, 15) is 5.11 Å². The molecule has 0 spiro atoms. The second kappa shape index (κ2) is 11.1. The lowest BCUT2D eigenvalue weighted by Crippen LogP contribution is -2.58. The van der Waals surface area contributed by atoms with Crippen molar-refractivity contribution >= 4 is 6.08 Å². The molecule has 2 heterocycles. The van der Waals surface area contributed by atoms with Gasteiger partial charge >= 0.3 is 0 Å². The summed E-state index contributed by atoms with van der Waals surface area (Å²) in [5.74, 6) is 0.916. The second-order valence-corrected chi connectivity index (χ2v) is 8.67. The third kappa shape index (κ3) is 6.05. The minimum atomic E-state index is 0.275. The largest absolute Gasteiger partial charge is 0.496 e.